The number of benzene rings is 1. The second-order valence-corrected chi connectivity index (χ2v) is 8.35. The van der Waals surface area contributed by atoms with Crippen molar-refractivity contribution in [1.29, 1.82) is 5.26 Å². The summed E-state index contributed by atoms with van der Waals surface area (Å²) in [5.74, 6) is -0.489. The molecule has 0 bridgehead atoms. The van der Waals surface area contributed by atoms with Crippen molar-refractivity contribution in [2.45, 2.75) is 32.5 Å². The van der Waals surface area contributed by atoms with Gasteiger partial charge in [-0.05, 0) is 36.1 Å². The van der Waals surface area contributed by atoms with Crippen LogP contribution in [0.2, 0.25) is 0 Å². The molecule has 10 heteroatoms. The third-order valence-corrected chi connectivity index (χ3v) is 5.44. The molecule has 0 aromatic heterocycles. The molecule has 2 amide bonds. The molecule has 32 heavy (non-hydrogen) atoms. The molecule has 1 N–H and O–H groups in total. The second-order valence-electron chi connectivity index (χ2n) is 8.35. The summed E-state index contributed by atoms with van der Waals surface area (Å²) in [5.41, 5.74) is 0.897. The predicted octanol–water partition coefficient (Wildman–Crippen LogP) is 3.79. The number of ether oxygens (including phenoxy) is 1. The molecule has 0 saturated carbocycles. The molecule has 8 nitrogen and oxygen atoms in total. The molecule has 2 unspecified atom stereocenters. The Morgan fingerprint density at radius 1 is 1.44 bits per heavy atom. The van der Waals surface area contributed by atoms with Gasteiger partial charge in [-0.1, -0.05) is 13.8 Å². The number of alkyl halides is 1. The zero-order valence-corrected chi connectivity index (χ0v) is 18.0. The maximum Gasteiger partial charge on any atom is 0.414 e. The molecule has 2 atom stereocenters. The van der Waals surface area contributed by atoms with E-state index in [1.54, 1.807) is 11.0 Å². The molecule has 2 aliphatic rings. The molecule has 0 aliphatic carbocycles. The monoisotopic (exact) mass is 448 g/mol. The Morgan fingerprint density at radius 2 is 2.19 bits per heavy atom. The number of rotatable bonds is 6. The van der Waals surface area contributed by atoms with Crippen molar-refractivity contribution < 1.29 is 28.2 Å². The average Bonchev–Trinajstić information content (AvgIpc) is 3.09. The van der Waals surface area contributed by atoms with E-state index in [1.807, 2.05) is 19.9 Å². The van der Waals surface area contributed by atoms with Crippen molar-refractivity contribution in [2.75, 3.05) is 42.5 Å². The van der Waals surface area contributed by atoms with Gasteiger partial charge in [-0.3, -0.25) is 4.90 Å². The summed E-state index contributed by atoms with van der Waals surface area (Å²) in [6.45, 7) is 4.53. The largest absolute Gasteiger partial charge is 0.465 e. The second kappa shape index (κ2) is 9.85. The highest BCUT2D eigenvalue weighted by Crippen LogP contribution is 2.31. The van der Waals surface area contributed by atoms with E-state index in [2.05, 4.69) is 0 Å². The first-order valence-corrected chi connectivity index (χ1v) is 10.4. The number of nitriles is 1. The molecule has 172 valence electrons. The van der Waals surface area contributed by atoms with Crippen molar-refractivity contribution in [3.63, 3.8) is 0 Å². The highest BCUT2D eigenvalue weighted by atomic mass is 19.1. The number of amides is 2. The standard InChI is InChI=1S/C22H26F2N4O4/c1-14(2)10-27(21(29)30)11-17-12-28(22(31)32-17)16-3-4-20(18(23)9-16)26-8-6-15(5-7-25)19(24)13-26/h3-5,9,14,17,19H,6,8,10-13H2,1-2H3,(H,29,30). The highest BCUT2D eigenvalue weighted by Gasteiger charge is 2.35. The number of hydrogen-bond donors (Lipinski definition) is 1. The Bertz CT molecular complexity index is 946. The van der Waals surface area contributed by atoms with Gasteiger partial charge in [0.05, 0.1) is 37.1 Å². The van der Waals surface area contributed by atoms with Crippen LogP contribution in [0.3, 0.4) is 0 Å². The zero-order valence-electron chi connectivity index (χ0n) is 18.0. The van der Waals surface area contributed by atoms with Crippen LogP contribution in [-0.4, -0.2) is 67.2 Å². The molecule has 1 aromatic carbocycles. The fourth-order valence-electron chi connectivity index (χ4n) is 3.95. The Balaban J connectivity index is 1.68. The smallest absolute Gasteiger partial charge is 0.414 e. The Hall–Kier alpha value is -3.35. The molecule has 2 saturated heterocycles. The van der Waals surface area contributed by atoms with Gasteiger partial charge < -0.3 is 19.6 Å². The van der Waals surface area contributed by atoms with E-state index in [-0.39, 0.29) is 36.9 Å². The van der Waals surface area contributed by atoms with Crippen LogP contribution in [0, 0.1) is 23.1 Å². The first-order valence-electron chi connectivity index (χ1n) is 10.4. The molecular weight excluding hydrogens is 422 g/mol. The van der Waals surface area contributed by atoms with Crippen LogP contribution < -0.4 is 9.80 Å². The fourth-order valence-corrected chi connectivity index (χ4v) is 3.95. The molecule has 3 rings (SSSR count). The summed E-state index contributed by atoms with van der Waals surface area (Å²) in [5, 5.41) is 18.1. The normalized spacial score (nSPS) is 22.2. The Morgan fingerprint density at radius 3 is 2.78 bits per heavy atom. The minimum atomic E-state index is -1.35. The van der Waals surface area contributed by atoms with Crippen LogP contribution >= 0.6 is 0 Å². The van der Waals surface area contributed by atoms with E-state index in [1.165, 1.54) is 28.0 Å². The molecule has 1 aromatic rings. The summed E-state index contributed by atoms with van der Waals surface area (Å²) in [6, 6.07) is 6.06. The number of allylic oxidation sites excluding steroid dienone is 1. The minimum absolute atomic E-state index is 0.0283. The van der Waals surface area contributed by atoms with Crippen molar-refractivity contribution in [3.05, 3.63) is 35.7 Å². The van der Waals surface area contributed by atoms with Crippen LogP contribution in [-0.2, 0) is 4.74 Å². The van der Waals surface area contributed by atoms with E-state index < -0.39 is 30.3 Å². The van der Waals surface area contributed by atoms with Crippen LogP contribution in [0.1, 0.15) is 20.3 Å². The van der Waals surface area contributed by atoms with Crippen molar-refractivity contribution in [3.8, 4) is 6.07 Å². The van der Waals surface area contributed by atoms with Crippen molar-refractivity contribution in [2.24, 2.45) is 5.92 Å². The zero-order chi connectivity index (χ0) is 23.4. The van der Waals surface area contributed by atoms with Gasteiger partial charge in [0.2, 0.25) is 0 Å². The van der Waals surface area contributed by atoms with Gasteiger partial charge in [-0.15, -0.1) is 0 Å². The van der Waals surface area contributed by atoms with Gasteiger partial charge in [0.1, 0.15) is 18.1 Å². The Labute approximate surface area is 185 Å². The molecule has 2 heterocycles. The summed E-state index contributed by atoms with van der Waals surface area (Å²) in [7, 11) is 0. The van der Waals surface area contributed by atoms with E-state index in [4.69, 9.17) is 10.00 Å². The van der Waals surface area contributed by atoms with Crippen LogP contribution in [0.25, 0.3) is 0 Å². The van der Waals surface area contributed by atoms with E-state index in [9.17, 15) is 23.5 Å². The van der Waals surface area contributed by atoms with Crippen LogP contribution in [0.5, 0.6) is 0 Å². The number of carbonyl (C=O) groups excluding carboxylic acids is 1. The lowest BCUT2D eigenvalue weighted by Gasteiger charge is -2.32. The van der Waals surface area contributed by atoms with E-state index in [0.717, 1.165) is 0 Å². The molecule has 2 fully saturated rings. The summed E-state index contributed by atoms with van der Waals surface area (Å²) in [4.78, 5) is 27.8. The number of carbonyl (C=O) groups is 2. The van der Waals surface area contributed by atoms with Gasteiger partial charge in [-0.25, -0.2) is 18.4 Å². The summed E-state index contributed by atoms with van der Waals surface area (Å²) >= 11 is 0. The van der Waals surface area contributed by atoms with Gasteiger partial charge in [-0.2, -0.15) is 5.26 Å². The summed E-state index contributed by atoms with van der Waals surface area (Å²) in [6.07, 6.45) is -2.26. The number of hydrogen-bond acceptors (Lipinski definition) is 5. The lowest BCUT2D eigenvalue weighted by Crippen LogP contribution is -2.40. The molecular formula is C22H26F2N4O4. The lowest BCUT2D eigenvalue weighted by atomic mass is 10.0. The summed E-state index contributed by atoms with van der Waals surface area (Å²) < 4.78 is 34.4. The quantitative estimate of drug-likeness (QED) is 0.665. The third kappa shape index (κ3) is 5.28. The minimum Gasteiger partial charge on any atom is -0.465 e. The van der Waals surface area contributed by atoms with Gasteiger partial charge in [0.15, 0.2) is 0 Å². The SMILES string of the molecule is CC(C)CN(CC1CN(c2ccc(N3CCC(=CC#N)C(F)C3)c(F)c2)C(=O)O1)C(=O)O. The van der Waals surface area contributed by atoms with Crippen LogP contribution in [0.4, 0.5) is 29.7 Å². The number of cyclic esters (lactones) is 1. The average molecular weight is 448 g/mol. The van der Waals surface area contributed by atoms with E-state index in [0.29, 0.717) is 25.1 Å². The van der Waals surface area contributed by atoms with Crippen molar-refractivity contribution in [1.82, 2.24) is 4.90 Å². The van der Waals surface area contributed by atoms with Crippen LogP contribution in [0.15, 0.2) is 29.8 Å². The predicted molar refractivity (Wildman–Crippen MR) is 114 cm³/mol. The third-order valence-electron chi connectivity index (χ3n) is 5.44. The number of piperidine rings is 1. The maximum absolute atomic E-state index is 14.8. The Kier molecular flexibility index (Phi) is 7.18. The maximum atomic E-state index is 14.8. The number of halogens is 2. The topological polar surface area (TPSA) is 97.1 Å². The van der Waals surface area contributed by atoms with Gasteiger partial charge in [0, 0.05) is 19.2 Å². The molecule has 2 aliphatic heterocycles. The lowest BCUT2D eigenvalue weighted by molar-refractivity contribution is 0.0924. The van der Waals surface area contributed by atoms with Gasteiger partial charge in [0.25, 0.3) is 0 Å². The van der Waals surface area contributed by atoms with Gasteiger partial charge >= 0.3 is 12.2 Å². The molecule has 0 spiro atoms. The first kappa shape index (κ1) is 23.3. The number of nitrogens with zero attached hydrogens (tertiary/aromatic N) is 4. The van der Waals surface area contributed by atoms with E-state index >= 15 is 0 Å². The van der Waals surface area contributed by atoms with Crippen molar-refractivity contribution >= 4 is 23.6 Å². The fraction of sp³-hybridized carbons (Fsp3) is 0.500. The first-order chi connectivity index (χ1) is 15.2. The number of carboxylic acid groups (broad SMARTS) is 1. The highest BCUT2D eigenvalue weighted by molar-refractivity contribution is 5.90. The molecule has 0 radical (unpaired) electrons. The number of anilines is 2.